The molecule has 0 aromatic carbocycles. The van der Waals surface area contributed by atoms with Crippen LogP contribution in [0.4, 0.5) is 5.82 Å². The molecule has 0 radical (unpaired) electrons. The topological polar surface area (TPSA) is 83.6 Å². The first-order chi connectivity index (χ1) is 9.74. The van der Waals surface area contributed by atoms with Gasteiger partial charge in [0.1, 0.15) is 5.82 Å². The molecule has 1 N–H and O–H groups in total. The van der Waals surface area contributed by atoms with Crippen LogP contribution in [0.15, 0.2) is 12.1 Å². The van der Waals surface area contributed by atoms with E-state index in [0.717, 1.165) is 30.4 Å². The highest BCUT2D eigenvalue weighted by Gasteiger charge is 2.15. The lowest BCUT2D eigenvalue weighted by atomic mass is 10.3. The average Bonchev–Trinajstić information content (AvgIpc) is 2.88. The van der Waals surface area contributed by atoms with Crippen LogP contribution in [0.1, 0.15) is 12.2 Å². The third-order valence-electron chi connectivity index (χ3n) is 3.21. The molecule has 0 bridgehead atoms. The Labute approximate surface area is 120 Å². The summed E-state index contributed by atoms with van der Waals surface area (Å²) in [5.41, 5.74) is 0.653. The molecule has 3 rings (SSSR count). The van der Waals surface area contributed by atoms with E-state index in [4.69, 9.17) is 5.11 Å². The van der Waals surface area contributed by atoms with Gasteiger partial charge in [-0.3, -0.25) is 4.79 Å². The maximum absolute atomic E-state index is 10.7. The van der Waals surface area contributed by atoms with Crippen LogP contribution < -0.4 is 4.90 Å². The largest absolute Gasteiger partial charge is 0.481 e. The summed E-state index contributed by atoms with van der Waals surface area (Å²) < 4.78 is 1.65. The van der Waals surface area contributed by atoms with Gasteiger partial charge in [0.15, 0.2) is 11.5 Å². The van der Waals surface area contributed by atoms with Crippen LogP contribution in [-0.4, -0.2) is 55.5 Å². The predicted molar refractivity (Wildman–Crippen MR) is 76.3 cm³/mol. The summed E-state index contributed by atoms with van der Waals surface area (Å²) in [6.45, 7) is 1.96. The quantitative estimate of drug-likeness (QED) is 0.888. The molecule has 2 aromatic rings. The Balaban J connectivity index is 1.88. The second-order valence-corrected chi connectivity index (χ2v) is 5.80. The molecule has 1 saturated heterocycles. The van der Waals surface area contributed by atoms with Crippen LogP contribution in [0.25, 0.3) is 5.65 Å². The maximum Gasteiger partial charge on any atom is 0.303 e. The number of aryl methyl sites for hydroxylation is 1. The zero-order chi connectivity index (χ0) is 13.9. The fraction of sp³-hybridized carbons (Fsp3) is 0.500. The van der Waals surface area contributed by atoms with Gasteiger partial charge >= 0.3 is 5.97 Å². The minimum absolute atomic E-state index is 0.0348. The molecule has 106 valence electrons. The smallest absolute Gasteiger partial charge is 0.303 e. The first-order valence-electron chi connectivity index (χ1n) is 6.50. The van der Waals surface area contributed by atoms with Crippen molar-refractivity contribution in [1.82, 2.24) is 19.8 Å². The molecule has 20 heavy (non-hydrogen) atoms. The number of fused-ring (bicyclic) bond motifs is 1. The first-order valence-corrected chi connectivity index (χ1v) is 7.65. The van der Waals surface area contributed by atoms with Crippen molar-refractivity contribution in [1.29, 1.82) is 0 Å². The lowest BCUT2D eigenvalue weighted by Crippen LogP contribution is -2.33. The monoisotopic (exact) mass is 293 g/mol. The highest BCUT2D eigenvalue weighted by Crippen LogP contribution is 2.17. The third kappa shape index (κ3) is 2.69. The summed E-state index contributed by atoms with van der Waals surface area (Å²) in [6, 6.07) is 3.82. The number of carboxylic acids is 1. The minimum atomic E-state index is -0.842. The Kier molecular flexibility index (Phi) is 3.72. The summed E-state index contributed by atoms with van der Waals surface area (Å²) in [4.78, 5) is 12.9. The van der Waals surface area contributed by atoms with Gasteiger partial charge < -0.3 is 10.0 Å². The van der Waals surface area contributed by atoms with Gasteiger partial charge in [-0.1, -0.05) is 0 Å². The van der Waals surface area contributed by atoms with Gasteiger partial charge in [0.2, 0.25) is 0 Å². The van der Waals surface area contributed by atoms with Gasteiger partial charge in [-0.2, -0.15) is 16.3 Å². The molecular formula is C12H15N5O2S. The Hall–Kier alpha value is -1.83. The number of aliphatic carboxylic acids is 1. The van der Waals surface area contributed by atoms with E-state index >= 15 is 0 Å². The highest BCUT2D eigenvalue weighted by atomic mass is 32.2. The van der Waals surface area contributed by atoms with Crippen molar-refractivity contribution in [2.45, 2.75) is 12.8 Å². The van der Waals surface area contributed by atoms with E-state index in [0.29, 0.717) is 17.9 Å². The molecule has 0 amide bonds. The van der Waals surface area contributed by atoms with Crippen molar-refractivity contribution in [3.05, 3.63) is 18.0 Å². The fourth-order valence-corrected chi connectivity index (χ4v) is 3.06. The van der Waals surface area contributed by atoms with E-state index in [9.17, 15) is 4.79 Å². The molecule has 8 heteroatoms. The summed E-state index contributed by atoms with van der Waals surface area (Å²) in [7, 11) is 0. The molecule has 0 spiro atoms. The van der Waals surface area contributed by atoms with Crippen molar-refractivity contribution in [2.24, 2.45) is 0 Å². The van der Waals surface area contributed by atoms with Crippen LogP contribution in [0, 0.1) is 0 Å². The number of hydrogen-bond donors (Lipinski definition) is 1. The molecule has 7 nitrogen and oxygen atoms in total. The summed E-state index contributed by atoms with van der Waals surface area (Å²) in [6.07, 6.45) is 0.371. The van der Waals surface area contributed by atoms with Gasteiger partial charge in [0.05, 0.1) is 6.42 Å². The Morgan fingerprint density at radius 3 is 2.85 bits per heavy atom. The van der Waals surface area contributed by atoms with Crippen molar-refractivity contribution in [3.63, 3.8) is 0 Å². The molecule has 3 heterocycles. The van der Waals surface area contributed by atoms with Gasteiger partial charge in [0.25, 0.3) is 0 Å². The number of carboxylic acid groups (broad SMARTS) is 1. The molecule has 0 aliphatic carbocycles. The van der Waals surface area contributed by atoms with Crippen molar-refractivity contribution < 1.29 is 9.90 Å². The average molecular weight is 293 g/mol. The zero-order valence-corrected chi connectivity index (χ0v) is 11.7. The number of hydrogen-bond acceptors (Lipinski definition) is 6. The van der Waals surface area contributed by atoms with E-state index in [1.165, 1.54) is 0 Å². The Bertz CT molecular complexity index is 623. The van der Waals surface area contributed by atoms with Crippen LogP contribution >= 0.6 is 11.8 Å². The summed E-state index contributed by atoms with van der Waals surface area (Å²) in [5.74, 6) is 2.86. The van der Waals surface area contributed by atoms with Crippen LogP contribution in [0.5, 0.6) is 0 Å². The molecule has 2 aromatic heterocycles. The molecule has 0 atom stereocenters. The van der Waals surface area contributed by atoms with E-state index in [-0.39, 0.29) is 6.42 Å². The normalized spacial score (nSPS) is 15.7. The van der Waals surface area contributed by atoms with Crippen molar-refractivity contribution in [3.8, 4) is 0 Å². The molecule has 1 fully saturated rings. The van der Waals surface area contributed by atoms with Crippen molar-refractivity contribution >= 4 is 29.2 Å². The van der Waals surface area contributed by atoms with Crippen molar-refractivity contribution in [2.75, 3.05) is 29.5 Å². The minimum Gasteiger partial charge on any atom is -0.481 e. The molecule has 1 aliphatic rings. The van der Waals surface area contributed by atoms with E-state index in [1.807, 2.05) is 23.9 Å². The molecule has 0 unspecified atom stereocenters. The highest BCUT2D eigenvalue weighted by molar-refractivity contribution is 7.99. The summed E-state index contributed by atoms with van der Waals surface area (Å²) >= 11 is 1.95. The Morgan fingerprint density at radius 2 is 2.10 bits per heavy atom. The Morgan fingerprint density at radius 1 is 1.30 bits per heavy atom. The molecule has 1 aliphatic heterocycles. The van der Waals surface area contributed by atoms with Gasteiger partial charge in [-0.25, -0.2) is 0 Å². The van der Waals surface area contributed by atoms with Crippen LogP contribution in [0.3, 0.4) is 0 Å². The fourth-order valence-electron chi connectivity index (χ4n) is 2.16. The molecular weight excluding hydrogens is 278 g/mol. The van der Waals surface area contributed by atoms with Crippen LogP contribution in [-0.2, 0) is 11.2 Å². The number of rotatable bonds is 4. The number of anilines is 1. The van der Waals surface area contributed by atoms with E-state index in [2.05, 4.69) is 20.2 Å². The maximum atomic E-state index is 10.7. The predicted octanol–water partition coefficient (Wildman–Crippen LogP) is 0.695. The van der Waals surface area contributed by atoms with Gasteiger partial charge in [-0.05, 0) is 12.1 Å². The van der Waals surface area contributed by atoms with E-state index < -0.39 is 5.97 Å². The van der Waals surface area contributed by atoms with Crippen LogP contribution in [0.2, 0.25) is 0 Å². The third-order valence-corrected chi connectivity index (χ3v) is 4.15. The second-order valence-electron chi connectivity index (χ2n) is 4.57. The lowest BCUT2D eigenvalue weighted by Gasteiger charge is -2.27. The number of carbonyl (C=O) groups is 1. The first kappa shape index (κ1) is 13.2. The lowest BCUT2D eigenvalue weighted by molar-refractivity contribution is -0.137. The van der Waals surface area contributed by atoms with E-state index in [1.54, 1.807) is 4.52 Å². The zero-order valence-electron chi connectivity index (χ0n) is 10.9. The summed E-state index contributed by atoms with van der Waals surface area (Å²) in [5, 5.41) is 21.3. The number of thioether (sulfide) groups is 1. The number of aromatic nitrogens is 4. The second kappa shape index (κ2) is 5.66. The SMILES string of the molecule is O=C(O)CCc1nnc2ccc(N3CCSCC3)nn12. The standard InChI is InChI=1S/C12H15N5O2S/c18-12(19)4-3-10-14-13-9-1-2-11(15-17(9)10)16-5-7-20-8-6-16/h1-2H,3-8H2,(H,18,19). The molecule has 0 saturated carbocycles. The number of nitrogens with zero attached hydrogens (tertiary/aromatic N) is 5. The van der Waals surface area contributed by atoms with Gasteiger partial charge in [0, 0.05) is 31.0 Å². The van der Waals surface area contributed by atoms with Gasteiger partial charge in [-0.15, -0.1) is 15.3 Å².